The Balaban J connectivity index is -0.000000266. The molecule has 122 valence electrons. The Hall–Kier alpha value is -0.580. The molecule has 1 amide bonds. The minimum atomic E-state index is -3.04. The minimum Gasteiger partial charge on any atom is -0.475 e. The number of amides is 1. The first-order valence-corrected chi connectivity index (χ1v) is 8.11. The summed E-state index contributed by atoms with van der Waals surface area (Å²) in [5.74, 6) is 0.213. The van der Waals surface area contributed by atoms with Gasteiger partial charge >= 0.3 is 0 Å². The first kappa shape index (κ1) is 24.4. The van der Waals surface area contributed by atoms with E-state index in [1.165, 1.54) is 7.11 Å². The topological polar surface area (TPSA) is 125 Å². The summed E-state index contributed by atoms with van der Waals surface area (Å²) < 4.78 is 29.1. The fourth-order valence-electron chi connectivity index (χ4n) is 0.786. The lowest BCUT2D eigenvalue weighted by molar-refractivity contribution is 0.267. The van der Waals surface area contributed by atoms with E-state index >= 15 is 0 Å². The number of nitrogens with two attached hydrogens (primary N) is 2. The van der Waals surface area contributed by atoms with Gasteiger partial charge in [0.2, 0.25) is 10.0 Å². The van der Waals surface area contributed by atoms with Crippen molar-refractivity contribution in [3.05, 3.63) is 0 Å². The first-order chi connectivity index (χ1) is 8.77. The summed E-state index contributed by atoms with van der Waals surface area (Å²) >= 11 is 7.36. The predicted molar refractivity (Wildman–Crippen MR) is 89.3 cm³/mol. The molecule has 0 unspecified atom stereocenters. The maximum atomic E-state index is 11.1. The maximum absolute atomic E-state index is 11.1. The number of primary amides is 1. The third-order valence-electron chi connectivity index (χ3n) is 1.14. The van der Waals surface area contributed by atoms with Gasteiger partial charge in [-0.25, -0.2) is 13.1 Å². The van der Waals surface area contributed by atoms with Crippen molar-refractivity contribution in [2.45, 2.75) is 39.7 Å². The highest BCUT2D eigenvalue weighted by Crippen LogP contribution is 2.02. The van der Waals surface area contributed by atoms with Crippen molar-refractivity contribution >= 4 is 45.3 Å². The van der Waals surface area contributed by atoms with Crippen molar-refractivity contribution in [3.63, 3.8) is 0 Å². The number of thiol groups is 1. The number of ether oxygens (including phenoxy) is 1. The van der Waals surface area contributed by atoms with E-state index < -0.39 is 15.3 Å². The summed E-state index contributed by atoms with van der Waals surface area (Å²) in [6.45, 7) is 7.35. The monoisotopic (exact) mass is 347 g/mol. The van der Waals surface area contributed by atoms with Gasteiger partial charge < -0.3 is 16.2 Å². The number of hydrogen-bond acceptors (Lipinski definition) is 5. The molecule has 0 bridgehead atoms. The van der Waals surface area contributed by atoms with E-state index in [-0.39, 0.29) is 16.5 Å². The van der Waals surface area contributed by atoms with E-state index in [1.807, 2.05) is 27.7 Å². The van der Waals surface area contributed by atoms with E-state index in [1.54, 1.807) is 0 Å². The number of nitrogens with one attached hydrogen (secondary N) is 1. The zero-order chi connectivity index (χ0) is 17.0. The molecule has 0 aliphatic carbocycles. The quantitative estimate of drug-likeness (QED) is 0.446. The van der Waals surface area contributed by atoms with E-state index in [0.717, 1.165) is 0 Å². The van der Waals surface area contributed by atoms with Gasteiger partial charge in [-0.1, -0.05) is 19.6 Å². The van der Waals surface area contributed by atoms with Crippen molar-refractivity contribution in [3.8, 4) is 0 Å². The van der Waals surface area contributed by atoms with Crippen LogP contribution in [0.15, 0.2) is 0 Å². The molecule has 0 heterocycles. The van der Waals surface area contributed by atoms with Crippen LogP contribution in [0.5, 0.6) is 0 Å². The van der Waals surface area contributed by atoms with Gasteiger partial charge in [0.15, 0.2) is 0 Å². The molecule has 0 saturated carbocycles. The molecule has 0 saturated heterocycles. The second-order valence-electron chi connectivity index (χ2n) is 4.53. The molecule has 0 radical (unpaired) electrons. The van der Waals surface area contributed by atoms with Crippen LogP contribution in [0.3, 0.4) is 0 Å². The van der Waals surface area contributed by atoms with Crippen molar-refractivity contribution in [2.24, 2.45) is 11.5 Å². The number of thiocarbonyl (C=S) groups is 1. The van der Waals surface area contributed by atoms with Gasteiger partial charge in [0, 0.05) is 5.54 Å². The number of methoxy groups -OCH3 is 1. The van der Waals surface area contributed by atoms with Crippen molar-refractivity contribution < 1.29 is 17.9 Å². The zero-order valence-corrected chi connectivity index (χ0v) is 15.0. The van der Waals surface area contributed by atoms with Crippen LogP contribution in [0.25, 0.3) is 0 Å². The summed E-state index contributed by atoms with van der Waals surface area (Å²) in [6, 6.07) is 0. The van der Waals surface area contributed by atoms with Gasteiger partial charge in [-0.2, -0.15) is 0 Å². The number of carbonyl (C=O) groups excluding carboxylic acids is 1. The molecule has 0 aliphatic heterocycles. The van der Waals surface area contributed by atoms with Gasteiger partial charge in [0.05, 0.1) is 12.9 Å². The average Bonchev–Trinajstić information content (AvgIpc) is 2.13. The van der Waals surface area contributed by atoms with Crippen LogP contribution in [0.1, 0.15) is 34.1 Å². The van der Waals surface area contributed by atoms with Gasteiger partial charge in [-0.3, -0.25) is 4.79 Å². The van der Waals surface area contributed by atoms with E-state index in [2.05, 4.69) is 40.0 Å². The fourth-order valence-corrected chi connectivity index (χ4v) is 2.36. The molecule has 0 atom stereocenters. The van der Waals surface area contributed by atoms with Crippen molar-refractivity contribution in [1.82, 2.24) is 4.72 Å². The molecule has 5 N–H and O–H groups in total. The van der Waals surface area contributed by atoms with Crippen LogP contribution in [0.2, 0.25) is 0 Å². The number of rotatable bonds is 3. The SMILES string of the molecule is CCCS(=O)(=O)NC(C)(C)C.COC(N)=S.NC(=O)S. The molecule has 0 aromatic heterocycles. The molecule has 7 nitrogen and oxygen atoms in total. The highest BCUT2D eigenvalue weighted by molar-refractivity contribution is 7.96. The average molecular weight is 348 g/mol. The molecule has 20 heavy (non-hydrogen) atoms. The lowest BCUT2D eigenvalue weighted by Gasteiger charge is -2.19. The maximum Gasteiger partial charge on any atom is 0.273 e. The Morgan fingerprint density at radius 1 is 1.35 bits per heavy atom. The lowest BCUT2D eigenvalue weighted by Crippen LogP contribution is -2.41. The number of sulfonamides is 1. The van der Waals surface area contributed by atoms with E-state index in [0.29, 0.717) is 6.42 Å². The van der Waals surface area contributed by atoms with Crippen LogP contribution in [0, 0.1) is 0 Å². The summed E-state index contributed by atoms with van der Waals surface area (Å²) in [7, 11) is -1.61. The molecule has 0 aromatic carbocycles. The standard InChI is InChI=1S/C7H17NO2S.C2H5NOS.CH3NOS/c1-5-6-11(9,10)8-7(2,3)4;1-4-2(3)5;2-1(3)4/h8H,5-6H2,1-4H3;1H3,(H2,3,5);(H3,2,3,4). The van der Waals surface area contributed by atoms with E-state index in [4.69, 9.17) is 10.5 Å². The smallest absolute Gasteiger partial charge is 0.273 e. The summed E-state index contributed by atoms with van der Waals surface area (Å²) in [5.41, 5.74) is 8.78. The van der Waals surface area contributed by atoms with Gasteiger partial charge in [-0.05, 0) is 39.4 Å². The van der Waals surface area contributed by atoms with Crippen LogP contribution >= 0.6 is 24.8 Å². The Morgan fingerprint density at radius 2 is 1.65 bits per heavy atom. The van der Waals surface area contributed by atoms with Crippen LogP contribution in [-0.4, -0.2) is 37.2 Å². The molecule has 0 aliphatic rings. The molecule has 0 rings (SSSR count). The van der Waals surface area contributed by atoms with Crippen LogP contribution in [-0.2, 0) is 14.8 Å². The summed E-state index contributed by atoms with van der Waals surface area (Å²) in [5, 5.41) is -0.551. The molecule has 0 fully saturated rings. The summed E-state index contributed by atoms with van der Waals surface area (Å²) in [6.07, 6.45) is 0.658. The zero-order valence-electron chi connectivity index (χ0n) is 12.5. The number of carbonyl (C=O) groups is 1. The molecular weight excluding hydrogens is 322 g/mol. The van der Waals surface area contributed by atoms with Crippen LogP contribution in [0.4, 0.5) is 4.79 Å². The van der Waals surface area contributed by atoms with Crippen molar-refractivity contribution in [2.75, 3.05) is 12.9 Å². The highest BCUT2D eigenvalue weighted by Gasteiger charge is 2.18. The second-order valence-corrected chi connectivity index (χ2v) is 7.22. The Bertz CT molecular complexity index is 374. The minimum absolute atomic E-state index is 0.0880. The van der Waals surface area contributed by atoms with Gasteiger partial charge in [0.25, 0.3) is 10.4 Å². The Morgan fingerprint density at radius 3 is 1.80 bits per heavy atom. The van der Waals surface area contributed by atoms with Crippen LogP contribution < -0.4 is 16.2 Å². The predicted octanol–water partition coefficient (Wildman–Crippen LogP) is 0.986. The Labute approximate surface area is 132 Å². The normalized spacial score (nSPS) is 10.3. The molecule has 10 heteroatoms. The number of hydrogen-bond donors (Lipinski definition) is 4. The largest absolute Gasteiger partial charge is 0.475 e. The van der Waals surface area contributed by atoms with Crippen molar-refractivity contribution in [1.29, 1.82) is 0 Å². The summed E-state index contributed by atoms with van der Waals surface area (Å²) in [4.78, 5) is 9.09. The van der Waals surface area contributed by atoms with Gasteiger partial charge in [-0.15, -0.1) is 0 Å². The first-order valence-electron chi connectivity index (χ1n) is 5.60. The second kappa shape index (κ2) is 12.2. The molecule has 0 spiro atoms. The van der Waals surface area contributed by atoms with Gasteiger partial charge in [0.1, 0.15) is 0 Å². The molecule has 0 aromatic rings. The third kappa shape index (κ3) is 36.0. The van der Waals surface area contributed by atoms with E-state index in [9.17, 15) is 8.42 Å². The highest BCUT2D eigenvalue weighted by atomic mass is 32.2. The fraction of sp³-hybridized carbons (Fsp3) is 0.800. The molecular formula is C10H25N3O4S3. The Kier molecular flexibility index (Phi) is 14.9. The third-order valence-corrected chi connectivity index (χ3v) is 3.17. The lowest BCUT2D eigenvalue weighted by atomic mass is 10.1.